The molecule has 0 spiro atoms. The fourth-order valence-electron chi connectivity index (χ4n) is 1.98. The molecular formula is C17H20N2O3S2. The molecule has 1 atom stereocenters. The highest BCUT2D eigenvalue weighted by Crippen LogP contribution is 2.27. The summed E-state index contributed by atoms with van der Waals surface area (Å²) in [6.07, 6.45) is -0.820. The molecule has 1 aromatic heterocycles. The van der Waals surface area contributed by atoms with Crippen molar-refractivity contribution < 1.29 is 14.3 Å². The molecular weight excluding hydrogens is 344 g/mol. The Bertz CT molecular complexity index is 715. The first kappa shape index (κ1) is 18.5. The lowest BCUT2D eigenvalue weighted by Crippen LogP contribution is -2.35. The highest BCUT2D eigenvalue weighted by Gasteiger charge is 2.20. The van der Waals surface area contributed by atoms with Crippen LogP contribution in [0.15, 0.2) is 34.0 Å². The quantitative estimate of drug-likeness (QED) is 0.602. The first-order valence-corrected chi connectivity index (χ1v) is 9.49. The van der Waals surface area contributed by atoms with Gasteiger partial charge in [0.1, 0.15) is 4.34 Å². The Kier molecular flexibility index (Phi) is 6.81. The number of ether oxygens (including phenoxy) is 1. The van der Waals surface area contributed by atoms with E-state index in [1.54, 1.807) is 42.2 Å². The largest absolute Gasteiger partial charge is 0.449 e. The number of carbonyl (C=O) groups is 2. The average molecular weight is 364 g/mol. The molecule has 7 heteroatoms. The number of esters is 1. The number of thiazole rings is 1. The van der Waals surface area contributed by atoms with Crippen molar-refractivity contribution in [1.29, 1.82) is 0 Å². The molecule has 1 amide bonds. The molecule has 0 aliphatic rings. The minimum absolute atomic E-state index is 0.295. The first-order chi connectivity index (χ1) is 11.5. The summed E-state index contributed by atoms with van der Waals surface area (Å²) >= 11 is 3.17. The number of nitrogens with one attached hydrogen (secondary N) is 1. The van der Waals surface area contributed by atoms with Gasteiger partial charge in [0.2, 0.25) is 0 Å². The zero-order valence-corrected chi connectivity index (χ0v) is 15.5. The zero-order chi connectivity index (χ0) is 17.5. The summed E-state index contributed by atoms with van der Waals surface area (Å²) in [6.45, 7) is 5.84. The van der Waals surface area contributed by atoms with Gasteiger partial charge in [-0.2, -0.15) is 0 Å². The van der Waals surface area contributed by atoms with Crippen LogP contribution in [0.25, 0.3) is 0 Å². The van der Waals surface area contributed by atoms with Crippen molar-refractivity contribution in [2.24, 2.45) is 0 Å². The molecule has 128 valence electrons. The molecule has 1 heterocycles. The fraction of sp³-hybridized carbons (Fsp3) is 0.353. The lowest BCUT2D eigenvalue weighted by molar-refractivity contribution is -0.128. The van der Waals surface area contributed by atoms with E-state index >= 15 is 0 Å². The molecule has 0 aliphatic carbocycles. The summed E-state index contributed by atoms with van der Waals surface area (Å²) in [7, 11) is 0. The maximum atomic E-state index is 12.4. The van der Waals surface area contributed by atoms with Crippen molar-refractivity contribution in [2.45, 2.75) is 37.0 Å². The van der Waals surface area contributed by atoms with Crippen molar-refractivity contribution in [3.63, 3.8) is 0 Å². The van der Waals surface area contributed by atoms with E-state index in [1.807, 2.05) is 31.4 Å². The Hall–Kier alpha value is -1.86. The normalized spacial score (nSPS) is 11.8. The van der Waals surface area contributed by atoms with E-state index in [2.05, 4.69) is 10.3 Å². The number of aromatic nitrogens is 1. The van der Waals surface area contributed by atoms with Crippen molar-refractivity contribution >= 4 is 35.0 Å². The van der Waals surface area contributed by atoms with Crippen LogP contribution in [-0.2, 0) is 15.3 Å². The number of hydrogen-bond donors (Lipinski definition) is 1. The monoisotopic (exact) mass is 364 g/mol. The molecule has 5 nitrogen and oxygen atoms in total. The molecule has 1 aromatic carbocycles. The highest BCUT2D eigenvalue weighted by molar-refractivity contribution is 8.00. The third-order valence-corrected chi connectivity index (χ3v) is 5.38. The lowest BCUT2D eigenvalue weighted by atomic mass is 10.1. The second kappa shape index (κ2) is 8.84. The predicted octanol–water partition coefficient (Wildman–Crippen LogP) is 3.43. The molecule has 0 aliphatic heterocycles. The number of hydrogen-bond acceptors (Lipinski definition) is 6. The molecule has 2 aromatic rings. The Morgan fingerprint density at radius 3 is 2.79 bits per heavy atom. The first-order valence-electron chi connectivity index (χ1n) is 7.62. The Morgan fingerprint density at radius 1 is 1.38 bits per heavy atom. The molecule has 0 saturated heterocycles. The topological polar surface area (TPSA) is 68.3 Å². The summed E-state index contributed by atoms with van der Waals surface area (Å²) in [5, 5.41) is 4.64. The minimum Gasteiger partial charge on any atom is -0.449 e. The van der Waals surface area contributed by atoms with Gasteiger partial charge in [0.05, 0.1) is 5.56 Å². The summed E-state index contributed by atoms with van der Waals surface area (Å²) in [4.78, 5) is 28.5. The molecule has 0 saturated carbocycles. The van der Waals surface area contributed by atoms with Crippen LogP contribution in [0.4, 0.5) is 0 Å². The van der Waals surface area contributed by atoms with Gasteiger partial charge in [-0.1, -0.05) is 30.0 Å². The minimum atomic E-state index is -0.820. The van der Waals surface area contributed by atoms with Crippen LogP contribution in [-0.4, -0.2) is 29.5 Å². The van der Waals surface area contributed by atoms with Gasteiger partial charge in [-0.25, -0.2) is 9.78 Å². The van der Waals surface area contributed by atoms with Gasteiger partial charge in [0.15, 0.2) is 6.10 Å². The summed E-state index contributed by atoms with van der Waals surface area (Å²) < 4.78 is 6.24. The number of carbonyl (C=O) groups excluding carboxylic acids is 2. The summed E-state index contributed by atoms with van der Waals surface area (Å²) in [5.74, 6) is -0.162. The zero-order valence-electron chi connectivity index (χ0n) is 13.9. The van der Waals surface area contributed by atoms with Gasteiger partial charge in [-0.3, -0.25) is 4.79 Å². The van der Waals surface area contributed by atoms with Crippen molar-refractivity contribution in [3.8, 4) is 0 Å². The van der Waals surface area contributed by atoms with E-state index in [0.29, 0.717) is 17.9 Å². The summed E-state index contributed by atoms with van der Waals surface area (Å²) in [5.41, 5.74) is 2.34. The van der Waals surface area contributed by atoms with E-state index < -0.39 is 12.1 Å². The van der Waals surface area contributed by atoms with Gasteiger partial charge in [-0.15, -0.1) is 11.3 Å². The maximum absolute atomic E-state index is 12.4. The van der Waals surface area contributed by atoms with Crippen LogP contribution in [0.3, 0.4) is 0 Å². The van der Waals surface area contributed by atoms with Gasteiger partial charge < -0.3 is 10.1 Å². The number of amides is 1. The molecule has 24 heavy (non-hydrogen) atoms. The smallest absolute Gasteiger partial charge is 0.339 e. The second-order valence-electron chi connectivity index (χ2n) is 5.14. The van der Waals surface area contributed by atoms with Crippen molar-refractivity contribution in [1.82, 2.24) is 10.3 Å². The second-order valence-corrected chi connectivity index (χ2v) is 7.22. The standard InChI is InChI=1S/C17H20N2O3S2/c1-4-18-15(20)12(3)22-16(21)14-8-6-5-7-13(14)10-24-17-19-11(2)9-23-17/h5-9,12H,4,10H2,1-3H3,(H,18,20)/t12-/m1/s1. The van der Waals surface area contributed by atoms with Gasteiger partial charge in [0.25, 0.3) is 5.91 Å². The van der Waals surface area contributed by atoms with Crippen molar-refractivity contribution in [3.05, 3.63) is 46.5 Å². The van der Waals surface area contributed by atoms with E-state index in [0.717, 1.165) is 15.6 Å². The van der Waals surface area contributed by atoms with Crippen LogP contribution in [0, 0.1) is 6.92 Å². The van der Waals surface area contributed by atoms with Crippen LogP contribution in [0.5, 0.6) is 0 Å². The molecule has 1 N–H and O–H groups in total. The number of aryl methyl sites for hydroxylation is 1. The lowest BCUT2D eigenvalue weighted by Gasteiger charge is -2.14. The highest BCUT2D eigenvalue weighted by atomic mass is 32.2. The van der Waals surface area contributed by atoms with E-state index in [4.69, 9.17) is 4.74 Å². The van der Waals surface area contributed by atoms with Gasteiger partial charge in [-0.05, 0) is 32.4 Å². The predicted molar refractivity (Wildman–Crippen MR) is 96.4 cm³/mol. The molecule has 0 radical (unpaired) electrons. The van der Waals surface area contributed by atoms with E-state index in [-0.39, 0.29) is 5.91 Å². The maximum Gasteiger partial charge on any atom is 0.339 e. The number of benzene rings is 1. The van der Waals surface area contributed by atoms with Gasteiger partial charge in [0, 0.05) is 23.4 Å². The van der Waals surface area contributed by atoms with Crippen LogP contribution < -0.4 is 5.32 Å². The molecule has 0 bridgehead atoms. The SMILES string of the molecule is CCNC(=O)[C@@H](C)OC(=O)c1ccccc1CSc1nc(C)cs1. The average Bonchev–Trinajstić information content (AvgIpc) is 2.98. The molecule has 0 fully saturated rings. The van der Waals surface area contributed by atoms with E-state index in [9.17, 15) is 9.59 Å². The fourth-order valence-corrected chi connectivity index (χ4v) is 3.83. The third kappa shape index (κ3) is 5.07. The number of thioether (sulfide) groups is 1. The Labute approximate surface area is 149 Å². The molecule has 2 rings (SSSR count). The van der Waals surface area contributed by atoms with E-state index in [1.165, 1.54) is 0 Å². The Morgan fingerprint density at radius 2 is 2.12 bits per heavy atom. The number of likely N-dealkylation sites (N-methyl/N-ethyl adjacent to an activating group) is 1. The van der Waals surface area contributed by atoms with Crippen LogP contribution >= 0.6 is 23.1 Å². The van der Waals surface area contributed by atoms with Crippen LogP contribution in [0.1, 0.15) is 35.5 Å². The molecule has 0 unspecified atom stereocenters. The third-order valence-electron chi connectivity index (χ3n) is 3.19. The van der Waals surface area contributed by atoms with Crippen molar-refractivity contribution in [2.75, 3.05) is 6.54 Å². The number of rotatable bonds is 7. The number of nitrogens with zero attached hydrogens (tertiary/aromatic N) is 1. The summed E-state index contributed by atoms with van der Waals surface area (Å²) in [6, 6.07) is 7.28. The van der Waals surface area contributed by atoms with Crippen LogP contribution in [0.2, 0.25) is 0 Å². The Balaban J connectivity index is 2.04. The van der Waals surface area contributed by atoms with Gasteiger partial charge >= 0.3 is 5.97 Å².